The number of carboxylic acid groups (broad SMARTS) is 2. The highest BCUT2D eigenvalue weighted by atomic mass is 32.1. The number of benzene rings is 2. The fourth-order valence-corrected chi connectivity index (χ4v) is 7.60. The van der Waals surface area contributed by atoms with E-state index in [4.69, 9.17) is 29.3 Å². The second-order valence-corrected chi connectivity index (χ2v) is 15.4. The van der Waals surface area contributed by atoms with Crippen LogP contribution in [0.1, 0.15) is 45.6 Å². The SMILES string of the molecule is Cc1nc(C(=O)N2CCOC3(CCN(CCOc4cccc(CCNC[C@H](O)c5ccc(O)c6[nH]c(=O)sc56)c4)CC3)C2)cs1.O=C(O)C(F)(F)F.O=C(O)C(F)(F)F. The fraction of sp³-hybridized carbons (Fsp3) is 0.472. The number of morpholine rings is 1. The second kappa shape index (κ2) is 20.4. The number of H-pyrrole nitrogens is 1. The highest BCUT2D eigenvalue weighted by Gasteiger charge is 2.42. The van der Waals surface area contributed by atoms with Crippen LogP contribution in [0.4, 0.5) is 26.3 Å². The number of nitrogens with one attached hydrogen (secondary N) is 2. The van der Waals surface area contributed by atoms with E-state index in [2.05, 4.69) is 32.3 Å². The quantitative estimate of drug-likeness (QED) is 0.0901. The lowest BCUT2D eigenvalue weighted by molar-refractivity contribution is -0.193. The third-order valence-corrected chi connectivity index (χ3v) is 10.8. The molecule has 0 aliphatic carbocycles. The molecule has 15 nitrogen and oxygen atoms in total. The summed E-state index contributed by atoms with van der Waals surface area (Å²) in [4.78, 5) is 53.5. The van der Waals surface area contributed by atoms with Crippen molar-refractivity contribution in [1.29, 1.82) is 0 Å². The number of thiazole rings is 2. The molecule has 2 saturated heterocycles. The summed E-state index contributed by atoms with van der Waals surface area (Å²) < 4.78 is 76.4. The number of fused-ring (bicyclic) bond motifs is 1. The van der Waals surface area contributed by atoms with Gasteiger partial charge in [-0.25, -0.2) is 14.6 Å². The van der Waals surface area contributed by atoms with Gasteiger partial charge in [-0.15, -0.1) is 11.3 Å². The van der Waals surface area contributed by atoms with Crippen molar-refractivity contribution in [2.45, 2.75) is 50.2 Å². The number of aliphatic hydroxyl groups is 1. The molecular formula is C36H41F6N5O10S2. The monoisotopic (exact) mass is 881 g/mol. The number of alkyl halides is 6. The van der Waals surface area contributed by atoms with Crippen LogP contribution in [0.15, 0.2) is 46.6 Å². The molecule has 4 heterocycles. The molecule has 0 radical (unpaired) electrons. The summed E-state index contributed by atoms with van der Waals surface area (Å²) in [5, 5.41) is 41.0. The highest BCUT2D eigenvalue weighted by Crippen LogP contribution is 2.32. The highest BCUT2D eigenvalue weighted by molar-refractivity contribution is 7.16. The standard InChI is InChI=1S/C32H39N5O6S2.2C2HF3O2/c1-21-34-25(19-44-21)30(40)37-14-16-43-32(20-37)8-11-36(12-9-32)13-15-42-23-4-2-3-22(17-23)7-10-33-18-27(39)24-5-6-26(38)28-29(24)45-31(41)35-28;2*3-2(4,5)1(6)7/h2-6,17,19,27,33,38-39H,7-16,18,20H2,1H3,(H,35,41);2*(H,6,7)/t27-;;/m0../s1. The van der Waals surface area contributed by atoms with Gasteiger partial charge in [-0.3, -0.25) is 14.5 Å². The predicted octanol–water partition coefficient (Wildman–Crippen LogP) is 4.58. The zero-order chi connectivity index (χ0) is 43.5. The number of piperidine rings is 1. The molecule has 2 aliphatic rings. The Morgan fingerprint density at radius 2 is 1.71 bits per heavy atom. The smallest absolute Gasteiger partial charge is 0.490 e. The molecule has 1 spiro atoms. The lowest BCUT2D eigenvalue weighted by Crippen LogP contribution is -2.58. The minimum absolute atomic E-state index is 0.00102. The summed E-state index contributed by atoms with van der Waals surface area (Å²) in [5.74, 6) is -4.69. The van der Waals surface area contributed by atoms with E-state index in [1.807, 2.05) is 29.3 Å². The van der Waals surface area contributed by atoms with Gasteiger partial charge in [0.15, 0.2) is 0 Å². The van der Waals surface area contributed by atoms with E-state index in [0.29, 0.717) is 60.9 Å². The van der Waals surface area contributed by atoms with Crippen LogP contribution in [-0.4, -0.2) is 135 Å². The maximum atomic E-state index is 13.0. The predicted molar refractivity (Wildman–Crippen MR) is 202 cm³/mol. The van der Waals surface area contributed by atoms with Gasteiger partial charge in [0.1, 0.15) is 29.3 Å². The summed E-state index contributed by atoms with van der Waals surface area (Å²) >= 11 is 2.49. The molecule has 0 unspecified atom stereocenters. The number of likely N-dealkylation sites (tertiary alicyclic amines) is 1. The number of hydrogen-bond acceptors (Lipinski definition) is 13. The first-order valence-electron chi connectivity index (χ1n) is 17.8. The first-order valence-corrected chi connectivity index (χ1v) is 19.5. The number of carbonyl (C=O) groups excluding carboxylic acids is 1. The first kappa shape index (κ1) is 46.9. The molecule has 6 N–H and O–H groups in total. The molecule has 0 saturated carbocycles. The van der Waals surface area contributed by atoms with Gasteiger partial charge in [0, 0.05) is 43.7 Å². The molecular weight excluding hydrogens is 841 g/mol. The van der Waals surface area contributed by atoms with E-state index in [0.717, 1.165) is 66.6 Å². The Kier molecular flexibility index (Phi) is 16.2. The number of aryl methyl sites for hydroxylation is 1. The number of hydrogen-bond donors (Lipinski definition) is 6. The van der Waals surface area contributed by atoms with E-state index in [1.165, 1.54) is 17.4 Å². The van der Waals surface area contributed by atoms with Gasteiger partial charge in [-0.2, -0.15) is 26.3 Å². The molecule has 2 aliphatic heterocycles. The molecule has 2 aromatic heterocycles. The summed E-state index contributed by atoms with van der Waals surface area (Å²) in [6.07, 6.45) is -8.44. The molecule has 2 fully saturated rings. The van der Waals surface area contributed by atoms with Gasteiger partial charge < -0.3 is 45.1 Å². The number of halogens is 6. The van der Waals surface area contributed by atoms with Crippen LogP contribution in [0.2, 0.25) is 0 Å². The van der Waals surface area contributed by atoms with Gasteiger partial charge in [0.25, 0.3) is 5.91 Å². The van der Waals surface area contributed by atoms with Crippen LogP contribution in [0.5, 0.6) is 11.5 Å². The Morgan fingerprint density at radius 1 is 1.05 bits per heavy atom. The third kappa shape index (κ3) is 13.9. The third-order valence-electron chi connectivity index (χ3n) is 9.08. The molecule has 1 atom stereocenters. The Bertz CT molecular complexity index is 2080. The normalized spacial score (nSPS) is 16.1. The van der Waals surface area contributed by atoms with Crippen molar-refractivity contribution in [3.05, 3.63) is 73.3 Å². The topological polar surface area (TPSA) is 215 Å². The Labute approximate surface area is 339 Å². The molecule has 4 aromatic rings. The number of phenols is 1. The van der Waals surface area contributed by atoms with Crippen LogP contribution in [0, 0.1) is 6.92 Å². The lowest BCUT2D eigenvalue weighted by Gasteiger charge is -2.47. The van der Waals surface area contributed by atoms with Crippen LogP contribution in [0.3, 0.4) is 0 Å². The van der Waals surface area contributed by atoms with E-state index in [9.17, 15) is 46.1 Å². The van der Waals surface area contributed by atoms with Crippen molar-refractivity contribution >= 4 is 50.7 Å². The number of ether oxygens (including phenoxy) is 2. The van der Waals surface area contributed by atoms with Crippen molar-refractivity contribution in [1.82, 2.24) is 25.1 Å². The number of nitrogens with zero attached hydrogens (tertiary/aromatic N) is 3. The molecule has 2 aromatic carbocycles. The van der Waals surface area contributed by atoms with E-state index < -0.39 is 30.4 Å². The summed E-state index contributed by atoms with van der Waals surface area (Å²) in [7, 11) is 0. The van der Waals surface area contributed by atoms with Crippen LogP contribution >= 0.6 is 22.7 Å². The van der Waals surface area contributed by atoms with E-state index >= 15 is 0 Å². The van der Waals surface area contributed by atoms with Crippen LogP contribution in [-0.2, 0) is 20.7 Å². The number of amides is 1. The minimum atomic E-state index is -5.08. The Hall–Kier alpha value is -4.81. The van der Waals surface area contributed by atoms with Gasteiger partial charge >= 0.3 is 29.2 Å². The average molecular weight is 882 g/mol. The zero-order valence-corrected chi connectivity index (χ0v) is 32.9. The maximum absolute atomic E-state index is 13.0. The summed E-state index contributed by atoms with van der Waals surface area (Å²) in [6.45, 7) is 7.89. The minimum Gasteiger partial charge on any atom is -0.506 e. The zero-order valence-electron chi connectivity index (χ0n) is 31.3. The molecule has 59 heavy (non-hydrogen) atoms. The molecule has 23 heteroatoms. The van der Waals surface area contributed by atoms with Crippen molar-refractivity contribution in [3.63, 3.8) is 0 Å². The number of phenolic OH excluding ortho intramolecular Hbond substituents is 1. The second-order valence-electron chi connectivity index (χ2n) is 13.3. The Balaban J connectivity index is 0.000000471. The van der Waals surface area contributed by atoms with Gasteiger partial charge in [-0.05, 0) is 56.5 Å². The molecule has 1 amide bonds. The van der Waals surface area contributed by atoms with E-state index in [1.54, 1.807) is 6.07 Å². The van der Waals surface area contributed by atoms with Gasteiger partial charge in [0.05, 0.1) is 34.6 Å². The van der Waals surface area contributed by atoms with Gasteiger partial charge in [0.2, 0.25) is 0 Å². The van der Waals surface area contributed by atoms with Crippen molar-refractivity contribution < 1.29 is 70.6 Å². The van der Waals surface area contributed by atoms with Crippen LogP contribution in [0.25, 0.3) is 10.2 Å². The lowest BCUT2D eigenvalue weighted by atomic mass is 9.89. The summed E-state index contributed by atoms with van der Waals surface area (Å²) in [6, 6.07) is 11.2. The molecule has 6 rings (SSSR count). The first-order chi connectivity index (χ1) is 27.7. The van der Waals surface area contributed by atoms with Crippen LogP contribution < -0.4 is 14.9 Å². The number of rotatable bonds is 11. The number of aliphatic carboxylic acids is 2. The number of carbonyl (C=O) groups is 3. The Morgan fingerprint density at radius 3 is 2.32 bits per heavy atom. The fourth-order valence-electron chi connectivity index (χ4n) is 6.10. The van der Waals surface area contributed by atoms with E-state index in [-0.39, 0.29) is 22.1 Å². The number of aliphatic hydroxyl groups excluding tert-OH is 1. The number of aromatic amines is 1. The molecule has 0 bridgehead atoms. The van der Waals surface area contributed by atoms with Crippen molar-refractivity contribution in [2.24, 2.45) is 0 Å². The maximum Gasteiger partial charge on any atom is 0.490 e. The number of carboxylic acids is 2. The van der Waals surface area contributed by atoms with Gasteiger partial charge in [-0.1, -0.05) is 29.5 Å². The largest absolute Gasteiger partial charge is 0.506 e. The number of aromatic hydroxyl groups is 1. The van der Waals surface area contributed by atoms with Crippen molar-refractivity contribution in [3.8, 4) is 11.5 Å². The number of aromatic nitrogens is 2. The van der Waals surface area contributed by atoms with Crippen molar-refractivity contribution in [2.75, 3.05) is 59.0 Å². The molecule has 324 valence electrons. The average Bonchev–Trinajstić information content (AvgIpc) is 3.79. The summed E-state index contributed by atoms with van der Waals surface area (Å²) in [5.41, 5.74) is 2.36.